The molecule has 0 aromatic heterocycles. The third-order valence-corrected chi connectivity index (χ3v) is 10.6. The van der Waals surface area contributed by atoms with E-state index in [0.29, 0.717) is 0 Å². The number of hydrogen-bond acceptors (Lipinski definition) is 0. The quantitative estimate of drug-likeness (QED) is 0.166. The van der Waals surface area contributed by atoms with Gasteiger partial charge in [0.2, 0.25) is 0 Å². The van der Waals surface area contributed by atoms with Crippen LogP contribution in [0.5, 0.6) is 0 Å². The van der Waals surface area contributed by atoms with Crippen molar-refractivity contribution in [3.05, 3.63) is 167 Å². The Morgan fingerprint density at radius 2 is 0.540 bits per heavy atom. The summed E-state index contributed by atoms with van der Waals surface area (Å²) in [5.41, 5.74) is 12.8. The van der Waals surface area contributed by atoms with Gasteiger partial charge in [0, 0.05) is 21.5 Å². The van der Waals surface area contributed by atoms with Gasteiger partial charge in [0.25, 0.3) is 0 Å². The number of hydrogen-bond donors (Lipinski definition) is 0. The Kier molecular flexibility index (Phi) is 6.75. The fourth-order valence-electron chi connectivity index (χ4n) is 8.73. The van der Waals surface area contributed by atoms with Crippen molar-refractivity contribution in [2.45, 2.75) is 41.5 Å². The standard InChI is InChI=1S/C50H36/c1-29-23-31(3)47(32(4)24-29)49-39-15-7-11-35-19-21-37-13-9-17-41-45(37)28-46-38(22-20-36-12-8-16-40(49)44(36)27-43(35)39)14-10-18-42(46)50(41)48-33(5)25-30(2)26-34(48)6/h7-18,23-28H,1-6H3. The normalized spacial score (nSPS) is 11.5. The topological polar surface area (TPSA) is 0 Å². The zero-order valence-corrected chi connectivity index (χ0v) is 29.4. The van der Waals surface area contributed by atoms with Gasteiger partial charge in [0.05, 0.1) is 0 Å². The summed E-state index contributed by atoms with van der Waals surface area (Å²) in [7, 11) is 0. The summed E-state index contributed by atoms with van der Waals surface area (Å²) in [5.74, 6) is 0. The van der Waals surface area contributed by atoms with Crippen molar-refractivity contribution in [1.82, 2.24) is 0 Å². The van der Waals surface area contributed by atoms with Gasteiger partial charge < -0.3 is 0 Å². The first-order valence-electron chi connectivity index (χ1n) is 17.4. The molecule has 50 heavy (non-hydrogen) atoms. The number of rotatable bonds is 2. The average Bonchev–Trinajstić information content (AvgIpc) is 3.08. The molecule has 9 aromatic rings. The van der Waals surface area contributed by atoms with Crippen molar-refractivity contribution in [2.24, 2.45) is 0 Å². The summed E-state index contributed by atoms with van der Waals surface area (Å²) in [5, 5.41) is 13.6. The molecule has 0 N–H and O–H groups in total. The van der Waals surface area contributed by atoms with Crippen LogP contribution in [0.15, 0.2) is 109 Å². The van der Waals surface area contributed by atoms with E-state index in [4.69, 9.17) is 0 Å². The Morgan fingerprint density at radius 3 is 0.800 bits per heavy atom. The second kappa shape index (κ2) is 11.2. The van der Waals surface area contributed by atoms with Crippen molar-refractivity contribution < 1.29 is 0 Å². The maximum Gasteiger partial charge on any atom is 0.0327 e. The van der Waals surface area contributed by atoms with Crippen molar-refractivity contribution in [2.75, 3.05) is 0 Å². The van der Waals surface area contributed by atoms with Crippen LogP contribution in [0, 0.1) is 65.8 Å². The molecular formula is C50H36. The zero-order valence-electron chi connectivity index (χ0n) is 29.4. The largest absolute Gasteiger partial charge is 0.0610 e. The SMILES string of the molecule is Cc1cc(C)c(-c2c3cccc4c#cc5cccc6c(-c7c(C)cc(C)cc7C)c7cccc(c#cc8cccc2c8cc43)c7cc56)c(C)c1. The van der Waals surface area contributed by atoms with Gasteiger partial charge in [0.15, 0.2) is 0 Å². The Balaban J connectivity index is 1.51. The lowest BCUT2D eigenvalue weighted by Gasteiger charge is -2.18. The molecule has 9 aromatic carbocycles. The van der Waals surface area contributed by atoms with Gasteiger partial charge >= 0.3 is 0 Å². The van der Waals surface area contributed by atoms with Gasteiger partial charge in [-0.15, -0.1) is 0 Å². The van der Waals surface area contributed by atoms with Crippen LogP contribution >= 0.6 is 0 Å². The smallest absolute Gasteiger partial charge is 0.0327 e. The van der Waals surface area contributed by atoms with Crippen LogP contribution in [0.1, 0.15) is 33.4 Å². The van der Waals surface area contributed by atoms with Crippen LogP contribution in [0.25, 0.3) is 86.9 Å². The molecule has 9 rings (SSSR count). The highest BCUT2D eigenvalue weighted by Gasteiger charge is 2.18. The summed E-state index contributed by atoms with van der Waals surface area (Å²) in [6.45, 7) is 13.3. The fourth-order valence-corrected chi connectivity index (χ4v) is 8.73. The lowest BCUT2D eigenvalue weighted by Crippen LogP contribution is -1.93. The molecule has 0 heteroatoms. The maximum atomic E-state index is 3.68. The maximum absolute atomic E-state index is 3.68. The summed E-state index contributed by atoms with van der Waals surface area (Å²) < 4.78 is 0. The van der Waals surface area contributed by atoms with Gasteiger partial charge in [-0.3, -0.25) is 0 Å². The summed E-state index contributed by atoms with van der Waals surface area (Å²) >= 11 is 0. The molecule has 0 fully saturated rings. The molecule has 0 aliphatic heterocycles. The van der Waals surface area contributed by atoms with E-state index < -0.39 is 0 Å². The molecule has 0 unspecified atom stereocenters. The van der Waals surface area contributed by atoms with E-state index in [0.717, 1.165) is 43.1 Å². The second-order valence-corrected chi connectivity index (χ2v) is 14.2. The fraction of sp³-hybridized carbons (Fsp3) is 0.120. The lowest BCUT2D eigenvalue weighted by molar-refractivity contribution is 1.33. The predicted molar refractivity (Wildman–Crippen MR) is 215 cm³/mol. The molecule has 0 saturated carbocycles. The van der Waals surface area contributed by atoms with E-state index in [1.807, 2.05) is 0 Å². The van der Waals surface area contributed by atoms with Crippen LogP contribution in [0.2, 0.25) is 0 Å². The van der Waals surface area contributed by atoms with E-state index in [-0.39, 0.29) is 0 Å². The third kappa shape index (κ3) is 4.57. The first-order chi connectivity index (χ1) is 24.3. The molecular weight excluding hydrogens is 601 g/mol. The first kappa shape index (κ1) is 30.0. The second-order valence-electron chi connectivity index (χ2n) is 14.2. The Bertz CT molecular complexity index is 2530. The molecule has 0 aliphatic carbocycles. The summed E-state index contributed by atoms with van der Waals surface area (Å²) in [4.78, 5) is 0. The minimum Gasteiger partial charge on any atom is -0.0610 e. The molecule has 236 valence electrons. The molecule has 0 atom stereocenters. The Labute approximate surface area is 294 Å². The van der Waals surface area contributed by atoms with E-state index in [1.165, 1.54) is 77.2 Å². The zero-order chi connectivity index (χ0) is 34.3. The van der Waals surface area contributed by atoms with Gasteiger partial charge in [-0.2, -0.15) is 0 Å². The molecule has 4 bridgehead atoms. The van der Waals surface area contributed by atoms with E-state index in [2.05, 4.69) is 175 Å². The minimum atomic E-state index is 1.02. The van der Waals surface area contributed by atoms with Crippen LogP contribution in [0.3, 0.4) is 0 Å². The van der Waals surface area contributed by atoms with Crippen molar-refractivity contribution >= 4 is 64.6 Å². The Morgan fingerprint density at radius 1 is 0.280 bits per heavy atom. The van der Waals surface area contributed by atoms with Gasteiger partial charge in [-0.25, -0.2) is 0 Å². The highest BCUT2D eigenvalue weighted by Crippen LogP contribution is 2.43. The molecule has 0 heterocycles. The minimum absolute atomic E-state index is 1.02. The predicted octanol–water partition coefficient (Wildman–Crippen LogP) is 13.6. The van der Waals surface area contributed by atoms with Crippen molar-refractivity contribution in [1.29, 1.82) is 0 Å². The summed E-state index contributed by atoms with van der Waals surface area (Å²) in [6, 6.07) is 55.0. The van der Waals surface area contributed by atoms with E-state index in [1.54, 1.807) is 0 Å². The molecule has 0 spiro atoms. The molecule has 0 radical (unpaired) electrons. The van der Waals surface area contributed by atoms with Crippen molar-refractivity contribution in [3.63, 3.8) is 0 Å². The summed E-state index contributed by atoms with van der Waals surface area (Å²) in [6.07, 6.45) is 0. The highest BCUT2D eigenvalue weighted by atomic mass is 14.2. The average molecular weight is 637 g/mol. The monoisotopic (exact) mass is 636 g/mol. The van der Waals surface area contributed by atoms with Gasteiger partial charge in [-0.05, 0) is 166 Å². The van der Waals surface area contributed by atoms with Gasteiger partial charge in [-0.1, -0.05) is 108 Å². The lowest BCUT2D eigenvalue weighted by atomic mass is 9.85. The van der Waals surface area contributed by atoms with E-state index >= 15 is 0 Å². The van der Waals surface area contributed by atoms with Gasteiger partial charge in [0.1, 0.15) is 0 Å². The Hall–Kier alpha value is -6.08. The highest BCUT2D eigenvalue weighted by molar-refractivity contribution is 6.22. The van der Waals surface area contributed by atoms with Crippen LogP contribution in [-0.2, 0) is 0 Å². The first-order valence-corrected chi connectivity index (χ1v) is 17.4. The number of benzene rings is 8. The van der Waals surface area contributed by atoms with Crippen LogP contribution in [-0.4, -0.2) is 0 Å². The molecule has 0 amide bonds. The van der Waals surface area contributed by atoms with Crippen LogP contribution in [0.4, 0.5) is 0 Å². The number of aryl methyl sites for hydroxylation is 6. The molecule has 0 aliphatic rings. The molecule has 0 saturated heterocycles. The molecule has 0 nitrogen and oxygen atoms in total. The van der Waals surface area contributed by atoms with Crippen LogP contribution < -0.4 is 0 Å². The third-order valence-electron chi connectivity index (χ3n) is 10.6. The van der Waals surface area contributed by atoms with E-state index in [9.17, 15) is 0 Å². The van der Waals surface area contributed by atoms with Crippen molar-refractivity contribution in [3.8, 4) is 22.3 Å².